The van der Waals surface area contributed by atoms with Crippen molar-refractivity contribution >= 4 is 17.2 Å². The van der Waals surface area contributed by atoms with Crippen molar-refractivity contribution in [3.63, 3.8) is 0 Å². The van der Waals surface area contributed by atoms with Crippen LogP contribution in [0.2, 0.25) is 0 Å². The molecule has 2 unspecified atom stereocenters. The zero-order valence-corrected chi connectivity index (χ0v) is 14.4. The second-order valence-electron chi connectivity index (χ2n) is 6.88. The standard InChI is InChI=1S/C18H23N3OS/c1-12-9-15(20-19-12)17-10-14(11-23-17)18(22)21-8-4-6-13-5-2-3-7-16(13)21/h9-11,13,16H,2-8H2,1H3,(H,19,20). The van der Waals surface area contributed by atoms with Crippen molar-refractivity contribution < 1.29 is 4.79 Å². The minimum absolute atomic E-state index is 0.223. The molecule has 0 bridgehead atoms. The zero-order valence-electron chi connectivity index (χ0n) is 13.5. The highest BCUT2D eigenvalue weighted by molar-refractivity contribution is 7.13. The number of fused-ring (bicyclic) bond motifs is 1. The van der Waals surface area contributed by atoms with E-state index in [0.29, 0.717) is 6.04 Å². The number of aryl methyl sites for hydroxylation is 1. The molecule has 4 nitrogen and oxygen atoms in total. The Hall–Kier alpha value is -1.62. The minimum Gasteiger partial charge on any atom is -0.335 e. The maximum Gasteiger partial charge on any atom is 0.254 e. The average molecular weight is 329 g/mol. The van der Waals surface area contributed by atoms with Crippen LogP contribution in [0.25, 0.3) is 10.6 Å². The van der Waals surface area contributed by atoms with Crippen molar-refractivity contribution in [3.05, 3.63) is 28.8 Å². The summed E-state index contributed by atoms with van der Waals surface area (Å²) in [7, 11) is 0. The van der Waals surface area contributed by atoms with Crippen molar-refractivity contribution in [2.75, 3.05) is 6.54 Å². The molecule has 0 aromatic carbocycles. The Labute approximate surface area is 140 Å². The van der Waals surface area contributed by atoms with E-state index in [1.165, 1.54) is 32.1 Å². The van der Waals surface area contributed by atoms with Crippen LogP contribution >= 0.6 is 11.3 Å². The summed E-state index contributed by atoms with van der Waals surface area (Å²) >= 11 is 1.62. The number of hydrogen-bond acceptors (Lipinski definition) is 3. The van der Waals surface area contributed by atoms with Gasteiger partial charge in [-0.1, -0.05) is 12.8 Å². The SMILES string of the molecule is Cc1cc(-c2cc(C(=O)N3CCCC4CCCCC43)cs2)[nH]n1. The molecule has 0 spiro atoms. The number of carbonyl (C=O) groups is 1. The Balaban J connectivity index is 1.55. The van der Waals surface area contributed by atoms with Crippen molar-refractivity contribution in [3.8, 4) is 10.6 Å². The first-order chi connectivity index (χ1) is 11.2. The van der Waals surface area contributed by atoms with E-state index in [0.717, 1.165) is 40.7 Å². The molecule has 1 saturated carbocycles. The summed E-state index contributed by atoms with van der Waals surface area (Å²) in [6.07, 6.45) is 7.56. The molecule has 2 fully saturated rings. The quantitative estimate of drug-likeness (QED) is 0.896. The van der Waals surface area contributed by atoms with E-state index in [1.54, 1.807) is 11.3 Å². The van der Waals surface area contributed by atoms with E-state index in [2.05, 4.69) is 15.1 Å². The van der Waals surface area contributed by atoms with Crippen LogP contribution in [0.1, 0.15) is 54.6 Å². The second kappa shape index (κ2) is 6.11. The molecule has 5 heteroatoms. The molecule has 1 N–H and O–H groups in total. The number of likely N-dealkylation sites (tertiary alicyclic amines) is 1. The molecule has 2 aliphatic rings. The first-order valence-electron chi connectivity index (χ1n) is 8.64. The van der Waals surface area contributed by atoms with Gasteiger partial charge in [0, 0.05) is 18.0 Å². The van der Waals surface area contributed by atoms with Gasteiger partial charge in [0.05, 0.1) is 21.8 Å². The van der Waals surface area contributed by atoms with Gasteiger partial charge in [0.2, 0.25) is 0 Å². The molecule has 2 atom stereocenters. The summed E-state index contributed by atoms with van der Waals surface area (Å²) in [6.45, 7) is 2.89. The third-order valence-corrected chi connectivity index (χ3v) is 6.29. The number of hydrogen-bond donors (Lipinski definition) is 1. The fourth-order valence-electron chi connectivity index (χ4n) is 4.18. The molecule has 4 rings (SSSR count). The van der Waals surface area contributed by atoms with Crippen LogP contribution in [0.15, 0.2) is 17.5 Å². The lowest BCUT2D eigenvalue weighted by molar-refractivity contribution is 0.0391. The highest BCUT2D eigenvalue weighted by Crippen LogP contribution is 2.36. The van der Waals surface area contributed by atoms with Crippen molar-refractivity contribution in [1.29, 1.82) is 0 Å². The van der Waals surface area contributed by atoms with E-state index in [9.17, 15) is 4.79 Å². The number of H-pyrrole nitrogens is 1. The predicted molar refractivity (Wildman–Crippen MR) is 92.7 cm³/mol. The summed E-state index contributed by atoms with van der Waals surface area (Å²) in [4.78, 5) is 16.3. The van der Waals surface area contributed by atoms with Crippen molar-refractivity contribution in [2.24, 2.45) is 5.92 Å². The number of aromatic nitrogens is 2. The van der Waals surface area contributed by atoms with E-state index < -0.39 is 0 Å². The number of thiophene rings is 1. The summed E-state index contributed by atoms with van der Waals surface area (Å²) in [5.74, 6) is 0.954. The maximum absolute atomic E-state index is 13.0. The average Bonchev–Trinajstić information content (AvgIpc) is 3.22. The number of aromatic amines is 1. The first-order valence-corrected chi connectivity index (χ1v) is 9.52. The molecule has 0 radical (unpaired) electrons. The van der Waals surface area contributed by atoms with Gasteiger partial charge >= 0.3 is 0 Å². The Morgan fingerprint density at radius 3 is 2.91 bits per heavy atom. The predicted octanol–water partition coefficient (Wildman–Crippen LogP) is 4.24. The number of nitrogens with one attached hydrogen (secondary N) is 1. The molecular formula is C18H23N3OS. The smallest absolute Gasteiger partial charge is 0.254 e. The molecule has 1 aliphatic heterocycles. The zero-order chi connectivity index (χ0) is 15.8. The van der Waals surface area contributed by atoms with E-state index in [1.807, 2.05) is 24.4 Å². The van der Waals surface area contributed by atoms with Gasteiger partial charge in [-0.05, 0) is 50.7 Å². The Kier molecular flexibility index (Phi) is 3.97. The summed E-state index contributed by atoms with van der Waals surface area (Å²) in [5, 5.41) is 9.21. The number of piperidine rings is 1. The highest BCUT2D eigenvalue weighted by Gasteiger charge is 2.36. The minimum atomic E-state index is 0.223. The summed E-state index contributed by atoms with van der Waals surface area (Å²) in [6, 6.07) is 4.52. The number of amides is 1. The van der Waals surface area contributed by atoms with Gasteiger partial charge in [-0.3, -0.25) is 9.89 Å². The monoisotopic (exact) mass is 329 g/mol. The third-order valence-electron chi connectivity index (χ3n) is 5.32. The number of carbonyl (C=O) groups excluding carboxylic acids is 1. The number of rotatable bonds is 2. The fourth-order valence-corrected chi connectivity index (χ4v) is 5.03. The topological polar surface area (TPSA) is 49.0 Å². The molecule has 122 valence electrons. The van der Waals surface area contributed by atoms with Gasteiger partial charge in [-0.15, -0.1) is 11.3 Å². The molecule has 1 saturated heterocycles. The maximum atomic E-state index is 13.0. The Morgan fingerprint density at radius 1 is 1.26 bits per heavy atom. The summed E-state index contributed by atoms with van der Waals surface area (Å²) in [5.41, 5.74) is 2.81. The lowest BCUT2D eigenvalue weighted by Gasteiger charge is -2.44. The molecular weight excluding hydrogens is 306 g/mol. The molecule has 23 heavy (non-hydrogen) atoms. The molecule has 3 heterocycles. The molecule has 1 aliphatic carbocycles. The van der Waals surface area contributed by atoms with Crippen molar-refractivity contribution in [2.45, 2.75) is 51.5 Å². The Bertz CT molecular complexity index is 703. The number of nitrogens with zero attached hydrogens (tertiary/aromatic N) is 2. The summed E-state index contributed by atoms with van der Waals surface area (Å²) < 4.78 is 0. The van der Waals surface area contributed by atoms with Crippen LogP contribution in [0.5, 0.6) is 0 Å². The Morgan fingerprint density at radius 2 is 2.09 bits per heavy atom. The van der Waals surface area contributed by atoms with Crippen LogP contribution in [0.4, 0.5) is 0 Å². The van der Waals surface area contributed by atoms with Gasteiger partial charge in [0.25, 0.3) is 5.91 Å². The molecule has 2 aromatic heterocycles. The van der Waals surface area contributed by atoms with Crippen LogP contribution in [0, 0.1) is 12.8 Å². The van der Waals surface area contributed by atoms with Gasteiger partial charge in [0.15, 0.2) is 0 Å². The van der Waals surface area contributed by atoms with Gasteiger partial charge in [0.1, 0.15) is 0 Å². The van der Waals surface area contributed by atoms with Crippen LogP contribution in [-0.4, -0.2) is 33.6 Å². The third kappa shape index (κ3) is 2.82. The fraction of sp³-hybridized carbons (Fsp3) is 0.556. The van der Waals surface area contributed by atoms with Gasteiger partial charge in [-0.25, -0.2) is 0 Å². The molecule has 2 aromatic rings. The van der Waals surface area contributed by atoms with Gasteiger partial charge in [-0.2, -0.15) is 5.10 Å². The lowest BCUT2D eigenvalue weighted by Crippen LogP contribution is -2.49. The highest BCUT2D eigenvalue weighted by atomic mass is 32.1. The largest absolute Gasteiger partial charge is 0.335 e. The van der Waals surface area contributed by atoms with Crippen LogP contribution in [0.3, 0.4) is 0 Å². The first kappa shape index (κ1) is 14.9. The van der Waals surface area contributed by atoms with E-state index in [-0.39, 0.29) is 5.91 Å². The van der Waals surface area contributed by atoms with Crippen molar-refractivity contribution in [1.82, 2.24) is 15.1 Å². The van der Waals surface area contributed by atoms with Gasteiger partial charge < -0.3 is 4.90 Å². The van der Waals surface area contributed by atoms with E-state index in [4.69, 9.17) is 0 Å². The second-order valence-corrected chi connectivity index (χ2v) is 7.79. The normalized spacial score (nSPS) is 24.5. The van der Waals surface area contributed by atoms with Crippen LogP contribution < -0.4 is 0 Å². The molecule has 1 amide bonds. The lowest BCUT2D eigenvalue weighted by atomic mass is 9.78. The van der Waals surface area contributed by atoms with E-state index >= 15 is 0 Å². The van der Waals surface area contributed by atoms with Crippen LogP contribution in [-0.2, 0) is 0 Å².